The SMILES string of the molecule is CS(=O)(=O)CCn1nnnc1N1CCC2(C1)OCc1ccccc12. The number of anilines is 1. The molecular formula is C15H19N5O3S. The molecule has 1 atom stereocenters. The first-order chi connectivity index (χ1) is 11.5. The molecule has 128 valence electrons. The number of rotatable bonds is 4. The van der Waals surface area contributed by atoms with Crippen LogP contribution in [0.25, 0.3) is 0 Å². The zero-order chi connectivity index (χ0) is 16.8. The van der Waals surface area contributed by atoms with Gasteiger partial charge in [0.1, 0.15) is 15.4 Å². The highest BCUT2D eigenvalue weighted by atomic mass is 32.2. The summed E-state index contributed by atoms with van der Waals surface area (Å²) in [5, 5.41) is 11.7. The zero-order valence-electron chi connectivity index (χ0n) is 13.4. The highest BCUT2D eigenvalue weighted by Crippen LogP contribution is 2.43. The third-order valence-corrected chi connectivity index (χ3v) is 5.64. The maximum atomic E-state index is 11.4. The highest BCUT2D eigenvalue weighted by molar-refractivity contribution is 7.90. The molecule has 1 aromatic heterocycles. The Bertz CT molecular complexity index is 865. The lowest BCUT2D eigenvalue weighted by Gasteiger charge is -2.24. The summed E-state index contributed by atoms with van der Waals surface area (Å²) in [4.78, 5) is 2.07. The molecule has 3 heterocycles. The number of aromatic nitrogens is 4. The van der Waals surface area contributed by atoms with Crippen molar-refractivity contribution in [1.29, 1.82) is 0 Å². The van der Waals surface area contributed by atoms with Gasteiger partial charge in [0.25, 0.3) is 0 Å². The average molecular weight is 349 g/mol. The predicted octanol–water partition coefficient (Wildman–Crippen LogP) is 0.354. The largest absolute Gasteiger partial charge is 0.364 e. The second-order valence-electron chi connectivity index (χ2n) is 6.44. The fraction of sp³-hybridized carbons (Fsp3) is 0.533. The molecule has 8 nitrogen and oxygen atoms in total. The van der Waals surface area contributed by atoms with Crippen LogP contribution in [0.2, 0.25) is 0 Å². The van der Waals surface area contributed by atoms with Gasteiger partial charge in [-0.2, -0.15) is 0 Å². The lowest BCUT2D eigenvalue weighted by Crippen LogP contribution is -2.32. The van der Waals surface area contributed by atoms with E-state index >= 15 is 0 Å². The summed E-state index contributed by atoms with van der Waals surface area (Å²) >= 11 is 0. The van der Waals surface area contributed by atoms with Gasteiger partial charge in [-0.05, 0) is 28.0 Å². The van der Waals surface area contributed by atoms with E-state index in [2.05, 4.69) is 32.6 Å². The summed E-state index contributed by atoms with van der Waals surface area (Å²) in [5.41, 5.74) is 2.16. The number of nitrogens with zero attached hydrogens (tertiary/aromatic N) is 5. The Morgan fingerprint density at radius 2 is 2.17 bits per heavy atom. The molecule has 1 fully saturated rings. The van der Waals surface area contributed by atoms with Crippen LogP contribution >= 0.6 is 0 Å². The number of sulfone groups is 1. The van der Waals surface area contributed by atoms with E-state index in [1.807, 2.05) is 12.1 Å². The summed E-state index contributed by atoms with van der Waals surface area (Å²) in [7, 11) is -3.06. The van der Waals surface area contributed by atoms with Gasteiger partial charge in [-0.3, -0.25) is 0 Å². The van der Waals surface area contributed by atoms with E-state index in [-0.39, 0.29) is 17.9 Å². The van der Waals surface area contributed by atoms with E-state index in [0.717, 1.165) is 13.0 Å². The van der Waals surface area contributed by atoms with Crippen LogP contribution in [0.3, 0.4) is 0 Å². The summed E-state index contributed by atoms with van der Waals surface area (Å²) in [6.45, 7) is 2.32. The van der Waals surface area contributed by atoms with Gasteiger partial charge in [0.05, 0.1) is 25.4 Å². The summed E-state index contributed by atoms with van der Waals surface area (Å²) < 4.78 is 30.5. The molecule has 24 heavy (non-hydrogen) atoms. The van der Waals surface area contributed by atoms with E-state index in [4.69, 9.17) is 4.74 Å². The molecule has 0 N–H and O–H groups in total. The molecular weight excluding hydrogens is 330 g/mol. The predicted molar refractivity (Wildman–Crippen MR) is 87.3 cm³/mol. The van der Waals surface area contributed by atoms with E-state index < -0.39 is 9.84 Å². The second-order valence-corrected chi connectivity index (χ2v) is 8.70. The maximum absolute atomic E-state index is 11.4. The molecule has 9 heteroatoms. The van der Waals surface area contributed by atoms with Crippen LogP contribution in [0.4, 0.5) is 5.95 Å². The molecule has 1 saturated heterocycles. The Balaban J connectivity index is 1.56. The standard InChI is InChI=1S/C15H19N5O3S/c1-24(21,22)9-8-20-14(16-17-18-20)19-7-6-15(11-19)13-5-3-2-4-12(13)10-23-15/h2-5H,6-11H2,1H3. The van der Waals surface area contributed by atoms with Gasteiger partial charge in [-0.15, -0.1) is 0 Å². The number of aryl methyl sites for hydroxylation is 1. The van der Waals surface area contributed by atoms with Crippen LogP contribution in [0.5, 0.6) is 0 Å². The van der Waals surface area contributed by atoms with Crippen molar-refractivity contribution in [3.05, 3.63) is 35.4 Å². The fourth-order valence-electron chi connectivity index (χ4n) is 3.50. The summed E-state index contributed by atoms with van der Waals surface area (Å²) in [5.74, 6) is 0.618. The molecule has 0 bridgehead atoms. The molecule has 2 aliphatic rings. The minimum Gasteiger partial charge on any atom is -0.364 e. The van der Waals surface area contributed by atoms with Crippen molar-refractivity contribution in [3.8, 4) is 0 Å². The van der Waals surface area contributed by atoms with E-state index in [1.165, 1.54) is 17.4 Å². The third kappa shape index (κ3) is 2.67. The van der Waals surface area contributed by atoms with Crippen molar-refractivity contribution in [2.24, 2.45) is 0 Å². The van der Waals surface area contributed by atoms with Crippen LogP contribution in [-0.2, 0) is 33.3 Å². The number of benzene rings is 1. The lowest BCUT2D eigenvalue weighted by atomic mass is 9.92. The quantitative estimate of drug-likeness (QED) is 0.787. The highest BCUT2D eigenvalue weighted by Gasteiger charge is 2.46. The number of ether oxygens (including phenoxy) is 1. The van der Waals surface area contributed by atoms with Crippen molar-refractivity contribution in [3.63, 3.8) is 0 Å². The van der Waals surface area contributed by atoms with E-state index in [9.17, 15) is 8.42 Å². The minimum atomic E-state index is -3.06. The van der Waals surface area contributed by atoms with Gasteiger partial charge in [-0.25, -0.2) is 13.1 Å². The van der Waals surface area contributed by atoms with E-state index in [1.54, 1.807) is 4.68 Å². The molecule has 0 saturated carbocycles. The molecule has 2 aromatic rings. The van der Waals surface area contributed by atoms with Crippen molar-refractivity contribution < 1.29 is 13.2 Å². The second kappa shape index (κ2) is 5.52. The fourth-order valence-corrected chi connectivity index (χ4v) is 4.00. The monoisotopic (exact) mass is 349 g/mol. The number of hydrogen-bond acceptors (Lipinski definition) is 7. The molecule has 1 spiro atoms. The minimum absolute atomic E-state index is 0.0172. The first-order valence-electron chi connectivity index (χ1n) is 7.88. The average Bonchev–Trinajstić information content (AvgIpc) is 3.25. The molecule has 0 amide bonds. The molecule has 4 rings (SSSR count). The molecule has 0 aliphatic carbocycles. The number of tetrazole rings is 1. The van der Waals surface area contributed by atoms with Gasteiger partial charge in [-0.1, -0.05) is 29.4 Å². The first kappa shape index (κ1) is 15.5. The first-order valence-corrected chi connectivity index (χ1v) is 9.94. The van der Waals surface area contributed by atoms with Crippen molar-refractivity contribution in [2.75, 3.05) is 30.0 Å². The third-order valence-electron chi connectivity index (χ3n) is 4.71. The van der Waals surface area contributed by atoms with Gasteiger partial charge >= 0.3 is 0 Å². The Morgan fingerprint density at radius 3 is 3.00 bits per heavy atom. The van der Waals surface area contributed by atoms with E-state index in [0.29, 0.717) is 19.1 Å². The topological polar surface area (TPSA) is 90.2 Å². The van der Waals surface area contributed by atoms with Gasteiger partial charge in [0, 0.05) is 12.8 Å². The molecule has 1 unspecified atom stereocenters. The van der Waals surface area contributed by atoms with Gasteiger partial charge < -0.3 is 9.64 Å². The smallest absolute Gasteiger partial charge is 0.245 e. The van der Waals surface area contributed by atoms with Crippen molar-refractivity contribution >= 4 is 15.8 Å². The molecule has 1 aromatic carbocycles. The van der Waals surface area contributed by atoms with Crippen LogP contribution < -0.4 is 4.90 Å². The van der Waals surface area contributed by atoms with Crippen molar-refractivity contribution in [2.45, 2.75) is 25.2 Å². The van der Waals surface area contributed by atoms with Crippen LogP contribution in [0, 0.1) is 0 Å². The Labute approximate surface area is 140 Å². The van der Waals surface area contributed by atoms with Crippen LogP contribution in [-0.4, -0.2) is 53.7 Å². The molecule has 2 aliphatic heterocycles. The summed E-state index contributed by atoms with van der Waals surface area (Å²) in [6.07, 6.45) is 2.08. The van der Waals surface area contributed by atoms with Gasteiger partial charge in [0.15, 0.2) is 0 Å². The van der Waals surface area contributed by atoms with Crippen LogP contribution in [0.1, 0.15) is 17.5 Å². The summed E-state index contributed by atoms with van der Waals surface area (Å²) in [6, 6.07) is 8.29. The Morgan fingerprint density at radius 1 is 1.33 bits per heavy atom. The van der Waals surface area contributed by atoms with Crippen LogP contribution in [0.15, 0.2) is 24.3 Å². The zero-order valence-corrected chi connectivity index (χ0v) is 14.2. The number of fused-ring (bicyclic) bond motifs is 2. The van der Waals surface area contributed by atoms with Crippen molar-refractivity contribution in [1.82, 2.24) is 20.2 Å². The molecule has 0 radical (unpaired) electrons. The Hall–Kier alpha value is -2.00. The maximum Gasteiger partial charge on any atom is 0.245 e. The normalized spacial score (nSPS) is 23.1. The van der Waals surface area contributed by atoms with Gasteiger partial charge in [0.2, 0.25) is 5.95 Å². The number of hydrogen-bond donors (Lipinski definition) is 0. The Kier molecular flexibility index (Phi) is 3.57. The lowest BCUT2D eigenvalue weighted by molar-refractivity contribution is -0.0205.